The third-order valence-corrected chi connectivity index (χ3v) is 0.966. The van der Waals surface area contributed by atoms with E-state index in [1.807, 2.05) is 0 Å². The number of hydrogen-bond acceptors (Lipinski definition) is 7. The van der Waals surface area contributed by atoms with Gasteiger partial charge in [0.25, 0.3) is 5.60 Å². The average Bonchev–Trinajstić information content (AvgIpc) is 2.12. The van der Waals surface area contributed by atoms with Crippen molar-refractivity contribution in [3.05, 3.63) is 0 Å². The summed E-state index contributed by atoms with van der Waals surface area (Å²) in [6.45, 7) is 0. The monoisotopic (exact) mass is 221 g/mol. The zero-order valence-corrected chi connectivity index (χ0v) is 10.5. The first-order valence-electron chi connectivity index (χ1n) is 3.00. The van der Waals surface area contributed by atoms with Gasteiger partial charge in [0.05, 0.1) is 12.5 Å². The molecule has 0 spiro atoms. The van der Waals surface area contributed by atoms with Crippen LogP contribution < -0.4 is 51.4 Å². The van der Waals surface area contributed by atoms with E-state index >= 15 is 0 Å². The van der Waals surface area contributed by atoms with Crippen LogP contribution in [0.5, 0.6) is 0 Å². The van der Waals surface area contributed by atoms with E-state index in [-0.39, 0.29) is 52.8 Å². The van der Waals surface area contributed by atoms with Gasteiger partial charge in [0, 0.05) is 0 Å². The third kappa shape index (κ3) is 5.68. The van der Waals surface area contributed by atoms with Gasteiger partial charge in [-0.3, -0.25) is 0 Å². The molecule has 0 saturated heterocycles. The summed E-state index contributed by atoms with van der Waals surface area (Å²) >= 11 is 0. The Hall–Kier alpha value is 0.0113. The van der Waals surface area contributed by atoms with Gasteiger partial charge in [-0.25, -0.2) is 9.69 Å². The fraction of sp³-hybridized carbons (Fsp3) is 0.400. The third-order valence-electron chi connectivity index (χ3n) is 0.966. The normalized spacial score (nSPS) is 8.79. The Morgan fingerprint density at radius 1 is 1.29 bits per heavy atom. The first-order valence-corrected chi connectivity index (χ1v) is 3.00. The fourth-order valence-corrected chi connectivity index (χ4v) is 0.407. The van der Waals surface area contributed by atoms with Crippen LogP contribution in [-0.4, -0.2) is 23.0 Å². The molecule has 0 aliphatic carbocycles. The van der Waals surface area contributed by atoms with Gasteiger partial charge in [-0.2, -0.15) is 15.8 Å². The van der Waals surface area contributed by atoms with Crippen LogP contribution in [0.25, 0.3) is 0 Å². The Morgan fingerprint density at radius 3 is 2.07 bits per heavy atom. The van der Waals surface area contributed by atoms with E-state index in [0.717, 1.165) is 0 Å². The van der Waals surface area contributed by atoms with E-state index in [4.69, 9.17) is 25.8 Å². The first kappa shape index (κ1) is 16.4. The van der Waals surface area contributed by atoms with E-state index in [0.29, 0.717) is 0 Å². The van der Waals surface area contributed by atoms with Crippen LogP contribution in [0.2, 0.25) is 0 Å². The predicted octanol–water partition coefficient (Wildman–Crippen LogP) is -4.28. The fourth-order valence-electron chi connectivity index (χ4n) is 0.407. The molecule has 0 aromatic carbocycles. The summed E-state index contributed by atoms with van der Waals surface area (Å²) in [5.41, 5.74) is -2.13. The number of nitrogens with zero attached hydrogens (tertiary/aromatic N) is 3. The Bertz CT molecular complexity index is 282. The van der Waals surface area contributed by atoms with E-state index in [2.05, 4.69) is 9.69 Å². The maximum absolute atomic E-state index is 8.43. The first-order chi connectivity index (χ1) is 6.10. The van der Waals surface area contributed by atoms with E-state index in [9.17, 15) is 0 Å². The number of rotatable bonds is 4. The minimum Gasteiger partial charge on any atom is -1.00 e. The molecular weight excluding hydrogens is 216 g/mol. The maximum atomic E-state index is 8.43. The smallest absolute Gasteiger partial charge is 1.00 e. The quantitative estimate of drug-likeness (QED) is 0.279. The molecule has 0 unspecified atom stereocenters. The summed E-state index contributed by atoms with van der Waals surface area (Å²) in [6.07, 6.45) is -0.563. The molecule has 0 saturated carbocycles. The summed E-state index contributed by atoms with van der Waals surface area (Å²) in [4.78, 5) is 7.84. The Labute approximate surface area is 124 Å². The molecular formula is C5H5BKN3O4. The topological polar surface area (TPSA) is 130 Å². The second-order valence-electron chi connectivity index (χ2n) is 1.89. The number of hydrogen-bond donors (Lipinski definition) is 2. The number of nitriles is 3. The van der Waals surface area contributed by atoms with Gasteiger partial charge in [-0.1, -0.05) is 0 Å². The second-order valence-corrected chi connectivity index (χ2v) is 1.89. The minimum absolute atomic E-state index is 0. The predicted molar refractivity (Wildman–Crippen MR) is 37.7 cm³/mol. The molecule has 14 heavy (non-hydrogen) atoms. The van der Waals surface area contributed by atoms with Gasteiger partial charge in [-0.15, -0.1) is 0 Å². The molecule has 0 rings (SSSR count). The molecule has 68 valence electrons. The molecule has 0 bridgehead atoms. The zero-order chi connectivity index (χ0) is 10.3. The van der Waals surface area contributed by atoms with Crippen LogP contribution in [0.3, 0.4) is 0 Å². The molecule has 0 aromatic heterocycles. The molecule has 7 nitrogen and oxygen atoms in total. The average molecular weight is 221 g/mol. The molecule has 0 fully saturated rings. The summed E-state index contributed by atoms with van der Waals surface area (Å²) in [6, 6.07) is 4.26. The van der Waals surface area contributed by atoms with Gasteiger partial charge in [0.15, 0.2) is 0 Å². The van der Waals surface area contributed by atoms with Crippen molar-refractivity contribution < 1.29 is 72.6 Å². The Balaban J connectivity index is -0.000000720. The van der Waals surface area contributed by atoms with Crippen LogP contribution in [-0.2, 0) is 9.69 Å². The van der Waals surface area contributed by atoms with Gasteiger partial charge in [0.2, 0.25) is 0 Å². The summed E-state index contributed by atoms with van der Waals surface area (Å²) in [5.74, 6) is 0. The van der Waals surface area contributed by atoms with Gasteiger partial charge in [0.1, 0.15) is 12.1 Å². The van der Waals surface area contributed by atoms with Crippen LogP contribution in [0.15, 0.2) is 0 Å². The van der Waals surface area contributed by atoms with Gasteiger partial charge < -0.3 is 11.5 Å². The van der Waals surface area contributed by atoms with Gasteiger partial charge >= 0.3 is 58.7 Å². The molecule has 0 amide bonds. The van der Waals surface area contributed by atoms with Crippen molar-refractivity contribution >= 4 is 7.32 Å². The maximum Gasteiger partial charge on any atom is 1.00 e. The van der Waals surface area contributed by atoms with Crippen molar-refractivity contribution in [3.8, 4) is 18.2 Å². The summed E-state index contributed by atoms with van der Waals surface area (Å²) in [7, 11) is -2.26. The summed E-state index contributed by atoms with van der Waals surface area (Å²) in [5, 5.41) is 41.4. The van der Waals surface area contributed by atoms with Crippen molar-refractivity contribution in [3.63, 3.8) is 0 Å². The van der Waals surface area contributed by atoms with Crippen molar-refractivity contribution in [2.75, 3.05) is 0 Å². The molecule has 0 aliphatic heterocycles. The molecule has 0 atom stereocenters. The standard InChI is InChI=1S/C5H4BN3O4.K.H/c7-2-1-5(3-8,4-9)12-13-6(10)11;;/h10-11H,1H2;;/q;+1;-1. The largest absolute Gasteiger partial charge is 1.00 e. The minimum atomic E-state index is -2.26. The molecule has 0 aliphatic rings. The van der Waals surface area contributed by atoms with Crippen LogP contribution in [0.1, 0.15) is 7.85 Å². The van der Waals surface area contributed by atoms with Crippen molar-refractivity contribution in [1.82, 2.24) is 0 Å². The molecule has 2 N–H and O–H groups in total. The van der Waals surface area contributed by atoms with Gasteiger partial charge in [-0.05, 0) is 0 Å². The van der Waals surface area contributed by atoms with Crippen LogP contribution >= 0.6 is 0 Å². The van der Waals surface area contributed by atoms with Crippen molar-refractivity contribution in [2.24, 2.45) is 0 Å². The van der Waals surface area contributed by atoms with E-state index in [1.54, 1.807) is 0 Å². The van der Waals surface area contributed by atoms with E-state index in [1.165, 1.54) is 18.2 Å². The molecule has 0 radical (unpaired) electrons. The van der Waals surface area contributed by atoms with Crippen LogP contribution in [0.4, 0.5) is 0 Å². The molecule has 9 heteroatoms. The zero-order valence-electron chi connectivity index (χ0n) is 8.34. The SMILES string of the molecule is N#CCC(C#N)(C#N)OOB(O)O.[H-].[K+]. The van der Waals surface area contributed by atoms with Crippen LogP contribution in [0, 0.1) is 34.0 Å². The van der Waals surface area contributed by atoms with E-state index < -0.39 is 19.3 Å². The van der Waals surface area contributed by atoms with Crippen molar-refractivity contribution in [1.29, 1.82) is 15.8 Å². The summed E-state index contributed by atoms with van der Waals surface area (Å²) < 4.78 is 0. The molecule has 0 aromatic rings. The Morgan fingerprint density at radius 2 is 1.79 bits per heavy atom. The second kappa shape index (κ2) is 8.33. The van der Waals surface area contributed by atoms with Crippen molar-refractivity contribution in [2.45, 2.75) is 12.0 Å². The Kier molecular flexibility index (Phi) is 9.78. The molecule has 0 heterocycles.